The Hall–Kier alpha value is -3.08. The van der Waals surface area contributed by atoms with E-state index in [2.05, 4.69) is 75.2 Å². The van der Waals surface area contributed by atoms with Crippen LogP contribution in [0.15, 0.2) is 47.6 Å². The lowest BCUT2D eigenvalue weighted by Crippen LogP contribution is -2.49. The minimum Gasteiger partial charge on any atom is -0.508 e. The highest BCUT2D eigenvalue weighted by atomic mass is 16.3. The first-order valence-corrected chi connectivity index (χ1v) is 9.86. The number of aromatic hydroxyl groups is 1. The molecular weight excluding hydrogens is 362 g/mol. The fourth-order valence-electron chi connectivity index (χ4n) is 4.13. The van der Waals surface area contributed by atoms with E-state index >= 15 is 0 Å². The maximum atomic E-state index is 12.2. The van der Waals surface area contributed by atoms with Gasteiger partial charge in [0.1, 0.15) is 5.75 Å². The molecule has 0 spiro atoms. The number of fused-ring (bicyclic) bond motifs is 1. The van der Waals surface area contributed by atoms with Crippen molar-refractivity contribution in [2.45, 2.75) is 53.1 Å². The number of nitrogens with zero attached hydrogens (tertiary/aromatic N) is 2. The van der Waals surface area contributed by atoms with Crippen molar-refractivity contribution in [1.82, 2.24) is 5.43 Å². The third-order valence-electron chi connectivity index (χ3n) is 5.27. The normalized spacial score (nSPS) is 15.4. The van der Waals surface area contributed by atoms with Gasteiger partial charge in [-0.2, -0.15) is 5.10 Å². The molecule has 0 saturated heterocycles. The van der Waals surface area contributed by atoms with Crippen molar-refractivity contribution in [3.05, 3.63) is 64.7 Å². The number of anilines is 1. The largest absolute Gasteiger partial charge is 0.508 e. The molecule has 0 fully saturated rings. The van der Waals surface area contributed by atoms with Gasteiger partial charge in [0, 0.05) is 22.9 Å². The van der Waals surface area contributed by atoms with Crippen LogP contribution in [0, 0.1) is 6.92 Å². The van der Waals surface area contributed by atoms with Gasteiger partial charge in [-0.3, -0.25) is 4.79 Å². The topological polar surface area (TPSA) is 64.9 Å². The summed E-state index contributed by atoms with van der Waals surface area (Å²) in [7, 11) is 0. The molecule has 0 aliphatic carbocycles. The van der Waals surface area contributed by atoms with Gasteiger partial charge >= 0.3 is 0 Å². The molecule has 5 heteroatoms. The number of carbonyl (C=O) groups excluding carboxylic acids is 1. The predicted molar refractivity (Wildman–Crippen MR) is 120 cm³/mol. The molecule has 3 rings (SSSR count). The maximum absolute atomic E-state index is 12.2. The van der Waals surface area contributed by atoms with E-state index in [1.807, 2.05) is 0 Å². The van der Waals surface area contributed by atoms with Gasteiger partial charge in [-0.15, -0.1) is 0 Å². The number of allylic oxidation sites excluding steroid dienone is 1. The van der Waals surface area contributed by atoms with Crippen LogP contribution in [0.3, 0.4) is 0 Å². The molecule has 152 valence electrons. The van der Waals surface area contributed by atoms with Gasteiger partial charge in [-0.1, -0.05) is 6.08 Å². The summed E-state index contributed by atoms with van der Waals surface area (Å²) in [6.07, 6.45) is 3.98. The highest BCUT2D eigenvalue weighted by Crippen LogP contribution is 2.41. The number of aryl methyl sites for hydroxylation is 1. The number of hydrazone groups is 1. The first kappa shape index (κ1) is 20.6. The second kappa shape index (κ2) is 7.74. The lowest BCUT2D eigenvalue weighted by molar-refractivity contribution is 0.0955. The molecule has 0 radical (unpaired) electrons. The van der Waals surface area contributed by atoms with Crippen LogP contribution in [0.5, 0.6) is 5.75 Å². The molecule has 1 heterocycles. The SMILES string of the molecule is CC1=CC(C)(C)N(C(C)C)c2cc(C)c(/C=N\NC(=O)c3ccc(O)cc3)cc21. The van der Waals surface area contributed by atoms with Crippen LogP contribution in [0.4, 0.5) is 5.69 Å². The Morgan fingerprint density at radius 3 is 2.45 bits per heavy atom. The van der Waals surface area contributed by atoms with Crippen LogP contribution in [0.25, 0.3) is 5.57 Å². The van der Waals surface area contributed by atoms with E-state index < -0.39 is 0 Å². The Morgan fingerprint density at radius 2 is 1.83 bits per heavy atom. The summed E-state index contributed by atoms with van der Waals surface area (Å²) in [6, 6.07) is 10.8. The van der Waals surface area contributed by atoms with Crippen molar-refractivity contribution in [3.8, 4) is 5.75 Å². The third kappa shape index (κ3) is 4.19. The Morgan fingerprint density at radius 1 is 1.17 bits per heavy atom. The van der Waals surface area contributed by atoms with E-state index in [1.165, 1.54) is 29.0 Å². The summed E-state index contributed by atoms with van der Waals surface area (Å²) >= 11 is 0. The third-order valence-corrected chi connectivity index (χ3v) is 5.27. The first-order valence-electron chi connectivity index (χ1n) is 9.86. The monoisotopic (exact) mass is 391 g/mol. The fraction of sp³-hybridized carbons (Fsp3) is 0.333. The van der Waals surface area contributed by atoms with E-state index in [9.17, 15) is 9.90 Å². The maximum Gasteiger partial charge on any atom is 0.271 e. The number of nitrogens with one attached hydrogen (secondary N) is 1. The fourth-order valence-corrected chi connectivity index (χ4v) is 4.13. The minimum atomic E-state index is -0.319. The van der Waals surface area contributed by atoms with E-state index in [0.717, 1.165) is 11.1 Å². The number of hydrogen-bond acceptors (Lipinski definition) is 4. The summed E-state index contributed by atoms with van der Waals surface area (Å²) in [5, 5.41) is 13.5. The van der Waals surface area contributed by atoms with Crippen LogP contribution in [0.2, 0.25) is 0 Å². The Labute approximate surface area is 172 Å². The van der Waals surface area contributed by atoms with Gasteiger partial charge < -0.3 is 10.0 Å². The molecule has 2 N–H and O–H groups in total. The minimum absolute atomic E-state index is 0.0502. The summed E-state index contributed by atoms with van der Waals surface area (Å²) in [4.78, 5) is 14.6. The average Bonchev–Trinajstić information content (AvgIpc) is 2.62. The lowest BCUT2D eigenvalue weighted by atomic mass is 9.86. The Balaban J connectivity index is 1.87. The Bertz CT molecular complexity index is 986. The van der Waals surface area contributed by atoms with E-state index in [1.54, 1.807) is 18.3 Å². The van der Waals surface area contributed by atoms with Gasteiger partial charge in [0.2, 0.25) is 0 Å². The molecule has 0 unspecified atom stereocenters. The number of phenols is 1. The molecule has 5 nitrogen and oxygen atoms in total. The molecule has 1 aliphatic rings. The number of amides is 1. The van der Waals surface area contributed by atoms with Crippen molar-refractivity contribution in [2.75, 3.05) is 4.90 Å². The van der Waals surface area contributed by atoms with E-state index in [-0.39, 0.29) is 17.2 Å². The van der Waals surface area contributed by atoms with Crippen molar-refractivity contribution in [2.24, 2.45) is 5.10 Å². The highest BCUT2D eigenvalue weighted by molar-refractivity contribution is 5.95. The highest BCUT2D eigenvalue weighted by Gasteiger charge is 2.33. The standard InChI is InChI=1S/C24H29N3O2/c1-15(2)27-22-11-16(3)19(12-21(22)17(4)13-24(27,5)6)14-25-26-23(29)18-7-9-20(28)10-8-18/h7-15,28H,1-6H3,(H,26,29)/b25-14-. The summed E-state index contributed by atoms with van der Waals surface area (Å²) in [5.74, 6) is -0.197. The molecule has 0 bridgehead atoms. The zero-order chi connectivity index (χ0) is 21.3. The average molecular weight is 392 g/mol. The molecule has 0 aromatic heterocycles. The molecule has 0 atom stereocenters. The molecular formula is C24H29N3O2. The second-order valence-corrected chi connectivity index (χ2v) is 8.42. The first-order chi connectivity index (χ1) is 13.6. The van der Waals surface area contributed by atoms with Crippen molar-refractivity contribution in [3.63, 3.8) is 0 Å². The Kier molecular flexibility index (Phi) is 5.51. The van der Waals surface area contributed by atoms with Crippen molar-refractivity contribution < 1.29 is 9.90 Å². The second-order valence-electron chi connectivity index (χ2n) is 8.42. The van der Waals surface area contributed by atoms with Crippen LogP contribution < -0.4 is 10.3 Å². The van der Waals surface area contributed by atoms with Crippen LogP contribution in [-0.4, -0.2) is 28.8 Å². The molecule has 29 heavy (non-hydrogen) atoms. The predicted octanol–water partition coefficient (Wildman–Crippen LogP) is 4.87. The van der Waals surface area contributed by atoms with Gasteiger partial charge in [-0.05, 0) is 94.6 Å². The number of hydrogen-bond donors (Lipinski definition) is 2. The van der Waals surface area contributed by atoms with E-state index in [4.69, 9.17) is 0 Å². The van der Waals surface area contributed by atoms with Crippen molar-refractivity contribution >= 4 is 23.4 Å². The molecule has 0 saturated carbocycles. The molecule has 2 aromatic rings. The molecule has 1 amide bonds. The number of benzene rings is 2. The summed E-state index contributed by atoms with van der Waals surface area (Å²) < 4.78 is 0. The number of phenolic OH excluding ortho intramolecular Hbond substituents is 1. The van der Waals surface area contributed by atoms with Gasteiger partial charge in [0.05, 0.1) is 11.8 Å². The van der Waals surface area contributed by atoms with Gasteiger partial charge in [0.25, 0.3) is 5.91 Å². The lowest BCUT2D eigenvalue weighted by Gasteiger charge is -2.46. The van der Waals surface area contributed by atoms with E-state index in [0.29, 0.717) is 11.6 Å². The van der Waals surface area contributed by atoms with Crippen LogP contribution >= 0.6 is 0 Å². The number of carbonyl (C=O) groups is 1. The van der Waals surface area contributed by atoms with Gasteiger partial charge in [-0.25, -0.2) is 5.43 Å². The van der Waals surface area contributed by atoms with Gasteiger partial charge in [0.15, 0.2) is 0 Å². The molecule has 2 aromatic carbocycles. The summed E-state index contributed by atoms with van der Waals surface area (Å²) in [6.45, 7) is 13.1. The van der Waals surface area contributed by atoms with Crippen molar-refractivity contribution in [1.29, 1.82) is 0 Å². The number of rotatable bonds is 4. The van der Waals surface area contributed by atoms with Crippen LogP contribution in [0.1, 0.15) is 61.7 Å². The smallest absolute Gasteiger partial charge is 0.271 e. The quantitative estimate of drug-likeness (QED) is 0.577. The molecule has 1 aliphatic heterocycles. The summed E-state index contributed by atoms with van der Waals surface area (Å²) in [5.41, 5.74) is 8.66. The zero-order valence-electron chi connectivity index (χ0n) is 17.9. The zero-order valence-corrected chi connectivity index (χ0v) is 17.9. The van der Waals surface area contributed by atoms with Crippen LogP contribution in [-0.2, 0) is 0 Å².